The van der Waals surface area contributed by atoms with Crippen LogP contribution < -0.4 is 5.32 Å². The van der Waals surface area contributed by atoms with Gasteiger partial charge in [-0.15, -0.1) is 0 Å². The first-order valence-electron chi connectivity index (χ1n) is 22.7. The highest BCUT2D eigenvalue weighted by atomic mass is 16.7. The molecule has 316 valence electrons. The van der Waals surface area contributed by atoms with Crippen molar-refractivity contribution in [3.63, 3.8) is 0 Å². The zero-order chi connectivity index (χ0) is 38.8. The van der Waals surface area contributed by atoms with Crippen LogP contribution in [0.4, 0.5) is 0 Å². The standard InChI is InChI=1S/C44H87NO8/c1-3-5-7-9-11-13-15-17-18-19-20-22-24-26-28-30-32-34-40(48)45-37(36-52-44-43(51)42(50)41(49)39(35-46)53-44)38(47)33-31-29-27-25-23-21-16-14-12-10-8-6-4-2/h37-39,41-44,46-47,49-51H,3-36H2,1-2H3,(H,45,48)/t37-,38+,39-,41-,42-,43-,44-/m0/s1. The van der Waals surface area contributed by atoms with Crippen molar-refractivity contribution < 1.29 is 39.8 Å². The highest BCUT2D eigenvalue weighted by Crippen LogP contribution is 2.23. The van der Waals surface area contributed by atoms with Crippen LogP contribution in [0.3, 0.4) is 0 Å². The molecule has 53 heavy (non-hydrogen) atoms. The number of unbranched alkanes of at least 4 members (excludes halogenated alkanes) is 28. The maximum atomic E-state index is 13.0. The smallest absolute Gasteiger partial charge is 0.220 e. The first-order chi connectivity index (χ1) is 25.8. The lowest BCUT2D eigenvalue weighted by atomic mass is 9.99. The molecule has 0 radical (unpaired) electrons. The van der Waals surface area contributed by atoms with E-state index in [-0.39, 0.29) is 12.5 Å². The average molecular weight is 758 g/mol. The Labute approximate surface area is 325 Å². The maximum Gasteiger partial charge on any atom is 0.220 e. The minimum Gasteiger partial charge on any atom is -0.394 e. The Bertz CT molecular complexity index is 801. The third kappa shape index (κ3) is 26.6. The Morgan fingerprint density at radius 2 is 0.943 bits per heavy atom. The van der Waals surface area contributed by atoms with Crippen LogP contribution >= 0.6 is 0 Å². The number of ether oxygens (including phenoxy) is 2. The monoisotopic (exact) mass is 758 g/mol. The van der Waals surface area contributed by atoms with E-state index in [1.807, 2.05) is 0 Å². The zero-order valence-electron chi connectivity index (χ0n) is 34.5. The molecule has 1 aliphatic heterocycles. The van der Waals surface area contributed by atoms with E-state index in [1.54, 1.807) is 0 Å². The van der Waals surface area contributed by atoms with Crippen molar-refractivity contribution in [1.82, 2.24) is 5.32 Å². The second kappa shape index (κ2) is 35.6. The van der Waals surface area contributed by atoms with Crippen molar-refractivity contribution in [3.8, 4) is 0 Å². The Morgan fingerprint density at radius 3 is 1.34 bits per heavy atom. The summed E-state index contributed by atoms with van der Waals surface area (Å²) in [5.41, 5.74) is 0. The molecule has 1 rings (SSSR count). The second-order valence-corrected chi connectivity index (χ2v) is 16.2. The van der Waals surface area contributed by atoms with Gasteiger partial charge in [-0.2, -0.15) is 0 Å². The van der Waals surface area contributed by atoms with Crippen molar-refractivity contribution in [2.24, 2.45) is 0 Å². The Morgan fingerprint density at radius 1 is 0.566 bits per heavy atom. The minimum atomic E-state index is -1.55. The van der Waals surface area contributed by atoms with Crippen LogP contribution in [0.5, 0.6) is 0 Å². The van der Waals surface area contributed by atoms with Crippen molar-refractivity contribution in [2.45, 2.75) is 262 Å². The number of nitrogens with one attached hydrogen (secondary N) is 1. The normalized spacial score (nSPS) is 21.5. The average Bonchev–Trinajstić information content (AvgIpc) is 3.16. The molecule has 0 bridgehead atoms. The number of aliphatic hydroxyl groups excluding tert-OH is 5. The van der Waals surface area contributed by atoms with Crippen LogP contribution in [0.15, 0.2) is 0 Å². The van der Waals surface area contributed by atoms with E-state index in [0.717, 1.165) is 38.5 Å². The molecule has 0 aromatic heterocycles. The number of rotatable bonds is 38. The van der Waals surface area contributed by atoms with Gasteiger partial charge in [0.05, 0.1) is 25.4 Å². The number of hydrogen-bond acceptors (Lipinski definition) is 8. The number of amides is 1. The van der Waals surface area contributed by atoms with Crippen LogP contribution in [0, 0.1) is 0 Å². The molecule has 1 amide bonds. The van der Waals surface area contributed by atoms with E-state index in [0.29, 0.717) is 12.8 Å². The van der Waals surface area contributed by atoms with Gasteiger partial charge < -0.3 is 40.3 Å². The summed E-state index contributed by atoms with van der Waals surface area (Å²) >= 11 is 0. The number of hydrogen-bond donors (Lipinski definition) is 6. The quantitative estimate of drug-likeness (QED) is 0.0342. The van der Waals surface area contributed by atoms with Crippen molar-refractivity contribution in [3.05, 3.63) is 0 Å². The lowest BCUT2D eigenvalue weighted by molar-refractivity contribution is -0.302. The summed E-state index contributed by atoms with van der Waals surface area (Å²) in [6, 6.07) is -0.710. The zero-order valence-corrected chi connectivity index (χ0v) is 34.5. The van der Waals surface area contributed by atoms with Crippen LogP contribution in [-0.2, 0) is 14.3 Å². The lowest BCUT2D eigenvalue weighted by Crippen LogP contribution is -2.60. The fourth-order valence-electron chi connectivity index (χ4n) is 7.51. The molecule has 1 saturated heterocycles. The summed E-state index contributed by atoms with van der Waals surface area (Å²) in [7, 11) is 0. The molecule has 0 aromatic carbocycles. The summed E-state index contributed by atoms with van der Waals surface area (Å²) in [6.07, 6.45) is 31.0. The molecule has 9 nitrogen and oxygen atoms in total. The molecule has 0 unspecified atom stereocenters. The van der Waals surface area contributed by atoms with E-state index in [2.05, 4.69) is 19.2 Å². The van der Waals surface area contributed by atoms with Gasteiger partial charge in [0, 0.05) is 6.42 Å². The summed E-state index contributed by atoms with van der Waals surface area (Å²) < 4.78 is 11.2. The van der Waals surface area contributed by atoms with E-state index >= 15 is 0 Å². The topological polar surface area (TPSA) is 149 Å². The first kappa shape index (κ1) is 50.2. The fourth-order valence-corrected chi connectivity index (χ4v) is 7.51. The molecule has 0 aliphatic carbocycles. The minimum absolute atomic E-state index is 0.132. The molecule has 1 fully saturated rings. The van der Waals surface area contributed by atoms with E-state index in [9.17, 15) is 30.3 Å². The van der Waals surface area contributed by atoms with E-state index in [4.69, 9.17) is 9.47 Å². The first-order valence-corrected chi connectivity index (χ1v) is 22.7. The largest absolute Gasteiger partial charge is 0.394 e. The van der Waals surface area contributed by atoms with Crippen molar-refractivity contribution in [2.75, 3.05) is 13.2 Å². The highest BCUT2D eigenvalue weighted by Gasteiger charge is 2.44. The summed E-state index contributed by atoms with van der Waals surface area (Å²) in [6.45, 7) is 3.84. The molecular weight excluding hydrogens is 670 g/mol. The Hall–Kier alpha value is -0.810. The molecule has 6 N–H and O–H groups in total. The Kier molecular flexibility index (Phi) is 33.7. The molecular formula is C44H87NO8. The third-order valence-corrected chi connectivity index (χ3v) is 11.2. The predicted molar refractivity (Wildman–Crippen MR) is 217 cm³/mol. The van der Waals surface area contributed by atoms with Gasteiger partial charge in [-0.1, -0.05) is 200 Å². The summed E-state index contributed by atoms with van der Waals surface area (Å²) in [5.74, 6) is -0.141. The van der Waals surface area contributed by atoms with Gasteiger partial charge >= 0.3 is 0 Å². The predicted octanol–water partition coefficient (Wildman–Crippen LogP) is 9.17. The van der Waals surface area contributed by atoms with Crippen LogP contribution in [0.25, 0.3) is 0 Å². The highest BCUT2D eigenvalue weighted by molar-refractivity contribution is 5.76. The van der Waals surface area contributed by atoms with Gasteiger partial charge in [-0.05, 0) is 12.8 Å². The molecule has 0 saturated carbocycles. The van der Waals surface area contributed by atoms with Gasteiger partial charge in [-0.3, -0.25) is 4.79 Å². The van der Waals surface area contributed by atoms with Crippen LogP contribution in [-0.4, -0.2) is 87.5 Å². The molecule has 9 heteroatoms. The van der Waals surface area contributed by atoms with Crippen LogP contribution in [0.1, 0.15) is 219 Å². The molecule has 1 aliphatic rings. The van der Waals surface area contributed by atoms with Crippen LogP contribution in [0.2, 0.25) is 0 Å². The van der Waals surface area contributed by atoms with Gasteiger partial charge in [-0.25, -0.2) is 0 Å². The SMILES string of the molecule is CCCCCCCCCCCCCCCCCCCC(=O)N[C@@H](CO[C@H]1O[C@@H](CO)[C@H](O)[C@H](O)[C@@H]1O)[C@H](O)CCCCCCCCCCCCCCC. The number of carbonyl (C=O) groups is 1. The molecule has 0 spiro atoms. The molecule has 0 aromatic rings. The van der Waals surface area contributed by atoms with Gasteiger partial charge in [0.2, 0.25) is 5.91 Å². The van der Waals surface area contributed by atoms with Gasteiger partial charge in [0.15, 0.2) is 6.29 Å². The van der Waals surface area contributed by atoms with Gasteiger partial charge in [0.25, 0.3) is 0 Å². The van der Waals surface area contributed by atoms with Crippen molar-refractivity contribution in [1.29, 1.82) is 0 Å². The second-order valence-electron chi connectivity index (χ2n) is 16.2. The fraction of sp³-hybridized carbons (Fsp3) is 0.977. The maximum absolute atomic E-state index is 13.0. The Balaban J connectivity index is 2.31. The number of aliphatic hydroxyl groups is 5. The summed E-state index contributed by atoms with van der Waals surface area (Å²) in [5, 5.41) is 54.3. The lowest BCUT2D eigenvalue weighted by Gasteiger charge is -2.40. The summed E-state index contributed by atoms with van der Waals surface area (Å²) in [4.78, 5) is 13.0. The number of carbonyl (C=O) groups excluding carboxylic acids is 1. The molecule has 1 heterocycles. The van der Waals surface area contributed by atoms with Crippen molar-refractivity contribution >= 4 is 5.91 Å². The van der Waals surface area contributed by atoms with E-state index < -0.39 is 49.5 Å². The third-order valence-electron chi connectivity index (χ3n) is 11.2. The molecule has 7 atom stereocenters. The van der Waals surface area contributed by atoms with E-state index in [1.165, 1.54) is 154 Å². The van der Waals surface area contributed by atoms with Gasteiger partial charge in [0.1, 0.15) is 24.4 Å².